The van der Waals surface area contributed by atoms with Gasteiger partial charge in [-0.15, -0.1) is 0 Å². The van der Waals surface area contributed by atoms with Gasteiger partial charge in [0.05, 0.1) is 6.04 Å². The lowest BCUT2D eigenvalue weighted by Gasteiger charge is -2.42. The molecular formula is C28H25F3N4O6. The van der Waals surface area contributed by atoms with Crippen molar-refractivity contribution in [2.24, 2.45) is 5.92 Å². The summed E-state index contributed by atoms with van der Waals surface area (Å²) in [4.78, 5) is 17.4. The second-order valence-corrected chi connectivity index (χ2v) is 10.2. The Bertz CT molecular complexity index is 1550. The number of rotatable bonds is 6. The fourth-order valence-electron chi connectivity index (χ4n) is 5.56. The minimum absolute atomic E-state index is 0.00124. The number of carboxylic acid groups (broad SMARTS) is 1. The normalized spacial score (nSPS) is 21.3. The predicted octanol–water partition coefficient (Wildman–Crippen LogP) is 5.06. The number of fused-ring (bicyclic) bond motifs is 1. The zero-order chi connectivity index (χ0) is 28.7. The molecule has 2 aliphatic heterocycles. The molecule has 13 heteroatoms. The molecule has 0 spiro atoms. The number of aromatic nitrogens is 3. The number of likely N-dealkylation sites (tertiary alicyclic amines) is 1. The molecule has 2 N–H and O–H groups in total. The highest BCUT2D eigenvalue weighted by atomic mass is 19.4. The van der Waals surface area contributed by atoms with E-state index in [2.05, 4.69) is 20.2 Å². The van der Waals surface area contributed by atoms with Gasteiger partial charge in [0.1, 0.15) is 29.7 Å². The molecule has 0 radical (unpaired) electrons. The monoisotopic (exact) mass is 570 g/mol. The molecule has 10 nitrogen and oxygen atoms in total. The van der Waals surface area contributed by atoms with E-state index in [4.69, 9.17) is 18.9 Å². The van der Waals surface area contributed by atoms with Gasteiger partial charge < -0.3 is 24.0 Å². The van der Waals surface area contributed by atoms with Crippen LogP contribution in [0.3, 0.4) is 0 Å². The van der Waals surface area contributed by atoms with Gasteiger partial charge in [0.25, 0.3) is 5.89 Å². The maximum atomic E-state index is 14.1. The van der Waals surface area contributed by atoms with Gasteiger partial charge in [0.2, 0.25) is 11.6 Å². The highest BCUT2D eigenvalue weighted by molar-refractivity contribution is 5.71. The standard InChI is InChI=1S/C28H25F3N4O6/c29-28(30,31)22-23(16-6-2-1-3-7-16)33-40-25(22)27-32-26(34-41-27)17-8-9-18-20(12-17)39-14-19(24(18)38)35-10-4-5-15(13-35)11-21(36)37/h1-3,6-9,12,15,19,24,38H,4-5,10-11,13-14H2,(H,36,37)/t15?,19-,24-/m1/s1. The summed E-state index contributed by atoms with van der Waals surface area (Å²) in [6.07, 6.45) is -3.94. The second kappa shape index (κ2) is 10.6. The molecule has 1 saturated heterocycles. The summed E-state index contributed by atoms with van der Waals surface area (Å²) in [6, 6.07) is 12.4. The van der Waals surface area contributed by atoms with Crippen LogP contribution in [0.1, 0.15) is 36.5 Å². The van der Waals surface area contributed by atoms with E-state index in [0.717, 1.165) is 19.4 Å². The number of aliphatic hydroxyl groups is 1. The third kappa shape index (κ3) is 5.30. The van der Waals surface area contributed by atoms with Crippen molar-refractivity contribution in [3.8, 4) is 40.0 Å². The molecule has 6 rings (SSSR count). The van der Waals surface area contributed by atoms with Gasteiger partial charge in [-0.2, -0.15) is 18.2 Å². The summed E-state index contributed by atoms with van der Waals surface area (Å²) >= 11 is 0. The molecule has 2 aromatic heterocycles. The Labute approximate surface area is 231 Å². The van der Waals surface area contributed by atoms with Gasteiger partial charge in [-0.3, -0.25) is 9.69 Å². The molecular weight excluding hydrogens is 545 g/mol. The lowest BCUT2D eigenvalue weighted by atomic mass is 9.90. The molecule has 1 unspecified atom stereocenters. The van der Waals surface area contributed by atoms with Crippen LogP contribution in [0.5, 0.6) is 5.75 Å². The third-order valence-corrected chi connectivity index (χ3v) is 7.49. The van der Waals surface area contributed by atoms with Crippen LogP contribution in [0.15, 0.2) is 57.6 Å². The van der Waals surface area contributed by atoms with E-state index in [-0.39, 0.29) is 42.1 Å². The summed E-state index contributed by atoms with van der Waals surface area (Å²) in [6.45, 7) is 1.47. The minimum atomic E-state index is -4.80. The fourth-order valence-corrected chi connectivity index (χ4v) is 5.56. The smallest absolute Gasteiger partial charge is 0.422 e. The zero-order valence-corrected chi connectivity index (χ0v) is 21.5. The molecule has 2 aliphatic rings. The number of alkyl halides is 3. The number of nitrogens with zero attached hydrogens (tertiary/aromatic N) is 4. The number of piperidine rings is 1. The molecule has 41 heavy (non-hydrogen) atoms. The Morgan fingerprint density at radius 2 is 1.88 bits per heavy atom. The predicted molar refractivity (Wildman–Crippen MR) is 136 cm³/mol. The van der Waals surface area contributed by atoms with Crippen molar-refractivity contribution in [2.75, 3.05) is 19.7 Å². The lowest BCUT2D eigenvalue weighted by Crippen LogP contribution is -2.50. The van der Waals surface area contributed by atoms with Crippen molar-refractivity contribution in [3.63, 3.8) is 0 Å². The first kappa shape index (κ1) is 27.0. The Kier molecular flexibility index (Phi) is 6.99. The van der Waals surface area contributed by atoms with E-state index in [0.29, 0.717) is 23.4 Å². The molecule has 0 aliphatic carbocycles. The van der Waals surface area contributed by atoms with E-state index in [1.165, 1.54) is 12.1 Å². The van der Waals surface area contributed by atoms with E-state index in [1.807, 2.05) is 0 Å². The number of carboxylic acids is 1. The summed E-state index contributed by atoms with van der Waals surface area (Å²) in [5.74, 6) is -1.61. The first-order valence-corrected chi connectivity index (χ1v) is 13.1. The van der Waals surface area contributed by atoms with Gasteiger partial charge in [-0.1, -0.05) is 52.8 Å². The van der Waals surface area contributed by atoms with Gasteiger partial charge in [0, 0.05) is 29.7 Å². The number of aliphatic carboxylic acids is 1. The first-order valence-electron chi connectivity index (χ1n) is 13.1. The van der Waals surface area contributed by atoms with Crippen molar-refractivity contribution in [1.29, 1.82) is 0 Å². The Balaban J connectivity index is 1.24. The maximum absolute atomic E-state index is 14.1. The van der Waals surface area contributed by atoms with Crippen molar-refractivity contribution in [1.82, 2.24) is 20.2 Å². The van der Waals surface area contributed by atoms with Gasteiger partial charge >= 0.3 is 12.1 Å². The third-order valence-electron chi connectivity index (χ3n) is 7.49. The molecule has 4 heterocycles. The van der Waals surface area contributed by atoms with Crippen molar-refractivity contribution < 1.29 is 42.0 Å². The first-order chi connectivity index (χ1) is 19.7. The average Bonchev–Trinajstić information content (AvgIpc) is 3.61. The summed E-state index contributed by atoms with van der Waals surface area (Å²) in [5.41, 5.74) is -0.344. The number of carbonyl (C=O) groups is 1. The number of ether oxygens (including phenoxy) is 1. The van der Waals surface area contributed by atoms with Gasteiger partial charge in [-0.25, -0.2) is 0 Å². The molecule has 0 amide bonds. The van der Waals surface area contributed by atoms with Crippen LogP contribution >= 0.6 is 0 Å². The number of halogens is 3. The molecule has 4 aromatic rings. The van der Waals surface area contributed by atoms with Crippen LogP contribution in [0.25, 0.3) is 34.3 Å². The Morgan fingerprint density at radius 1 is 1.07 bits per heavy atom. The Hall–Kier alpha value is -4.23. The molecule has 0 saturated carbocycles. The van der Waals surface area contributed by atoms with E-state index < -0.39 is 35.5 Å². The minimum Gasteiger partial charge on any atom is -0.491 e. The summed E-state index contributed by atoms with van der Waals surface area (Å²) in [7, 11) is 0. The SMILES string of the molecule is O=C(O)CC1CCCN([C@@H]2COc3cc(-c4noc(-c5onc(-c6ccccc6)c5C(F)(F)F)n4)ccc3[C@H]2O)C1. The second-order valence-electron chi connectivity index (χ2n) is 10.2. The van der Waals surface area contributed by atoms with Crippen LogP contribution in [-0.4, -0.2) is 62.1 Å². The summed E-state index contributed by atoms with van der Waals surface area (Å²) in [5, 5.41) is 27.8. The number of hydrogen-bond donors (Lipinski definition) is 2. The molecule has 2 aromatic carbocycles. The molecule has 214 valence electrons. The average molecular weight is 571 g/mol. The van der Waals surface area contributed by atoms with E-state index in [1.54, 1.807) is 36.4 Å². The maximum Gasteiger partial charge on any atom is 0.422 e. The van der Waals surface area contributed by atoms with Crippen molar-refractivity contribution in [2.45, 2.75) is 37.6 Å². The van der Waals surface area contributed by atoms with Crippen LogP contribution in [0.2, 0.25) is 0 Å². The quantitative estimate of drug-likeness (QED) is 0.324. The van der Waals surface area contributed by atoms with Crippen LogP contribution in [0.4, 0.5) is 13.2 Å². The van der Waals surface area contributed by atoms with Gasteiger partial charge in [0.15, 0.2) is 0 Å². The van der Waals surface area contributed by atoms with Crippen molar-refractivity contribution >= 4 is 5.97 Å². The van der Waals surface area contributed by atoms with Crippen LogP contribution in [0, 0.1) is 5.92 Å². The van der Waals surface area contributed by atoms with Gasteiger partial charge in [-0.05, 0) is 31.4 Å². The van der Waals surface area contributed by atoms with Crippen LogP contribution in [-0.2, 0) is 11.0 Å². The molecule has 1 fully saturated rings. The molecule has 0 bridgehead atoms. The highest BCUT2D eigenvalue weighted by Crippen LogP contribution is 2.43. The zero-order valence-electron chi connectivity index (χ0n) is 21.5. The number of benzene rings is 2. The number of hydrogen-bond acceptors (Lipinski definition) is 9. The van der Waals surface area contributed by atoms with E-state index >= 15 is 0 Å². The lowest BCUT2D eigenvalue weighted by molar-refractivity contribution is -0.139. The Morgan fingerprint density at radius 3 is 2.63 bits per heavy atom. The summed E-state index contributed by atoms with van der Waals surface area (Å²) < 4.78 is 58.3. The fraction of sp³-hybridized carbons (Fsp3) is 0.357. The highest BCUT2D eigenvalue weighted by Gasteiger charge is 2.43. The molecule has 3 atom stereocenters. The van der Waals surface area contributed by atoms with Crippen molar-refractivity contribution in [3.05, 3.63) is 59.7 Å². The largest absolute Gasteiger partial charge is 0.491 e. The topological polar surface area (TPSA) is 135 Å². The van der Waals surface area contributed by atoms with Crippen LogP contribution < -0.4 is 4.74 Å². The van der Waals surface area contributed by atoms with E-state index in [9.17, 15) is 23.1 Å². The number of aliphatic hydroxyl groups excluding tert-OH is 1.